The van der Waals surface area contributed by atoms with E-state index in [-0.39, 0.29) is 0 Å². The number of anilines is 1. The predicted molar refractivity (Wildman–Crippen MR) is 177 cm³/mol. The number of aliphatic imine (C=N–C) groups is 1. The molecule has 0 saturated heterocycles. The molecule has 3 nitrogen and oxygen atoms in total. The minimum atomic E-state index is 0.964. The maximum Gasteiger partial charge on any atom is 0.0379 e. The molecule has 0 saturated carbocycles. The summed E-state index contributed by atoms with van der Waals surface area (Å²) in [7, 11) is 1.78. The number of hydrogen-bond acceptors (Lipinski definition) is 3. The lowest BCUT2D eigenvalue weighted by molar-refractivity contribution is 0.825. The van der Waals surface area contributed by atoms with Gasteiger partial charge in [0.15, 0.2) is 0 Å². The number of aryl methyl sites for hydroxylation is 1. The van der Waals surface area contributed by atoms with Crippen LogP contribution in [0.25, 0.3) is 11.3 Å². The van der Waals surface area contributed by atoms with Crippen molar-refractivity contribution in [1.29, 1.82) is 0 Å². The summed E-state index contributed by atoms with van der Waals surface area (Å²) < 4.78 is 0. The van der Waals surface area contributed by atoms with Crippen molar-refractivity contribution < 1.29 is 0 Å². The van der Waals surface area contributed by atoms with Crippen LogP contribution >= 0.6 is 0 Å². The SMILES string of the molecule is C=C(C=C(C)C)c1ccccc1C.C=CNc1ccc(C(=C)NCCC)cc1.CC.CN=CC(C)=C(C)C. The van der Waals surface area contributed by atoms with Crippen molar-refractivity contribution in [2.45, 2.75) is 68.7 Å². The Morgan fingerprint density at radius 2 is 1.50 bits per heavy atom. The zero-order valence-corrected chi connectivity index (χ0v) is 25.8. The molecule has 2 aromatic carbocycles. The first-order valence-corrected chi connectivity index (χ1v) is 13.4. The summed E-state index contributed by atoms with van der Waals surface area (Å²) in [5.41, 5.74) is 10.6. The number of allylic oxidation sites excluding steroid dienone is 5. The van der Waals surface area contributed by atoms with Crippen molar-refractivity contribution in [2.24, 2.45) is 4.99 Å². The molecule has 0 aliphatic carbocycles. The molecule has 0 fully saturated rings. The van der Waals surface area contributed by atoms with Gasteiger partial charge in [0.2, 0.25) is 0 Å². The van der Waals surface area contributed by atoms with Gasteiger partial charge in [0, 0.05) is 31.2 Å². The molecule has 208 valence electrons. The van der Waals surface area contributed by atoms with E-state index >= 15 is 0 Å². The van der Waals surface area contributed by atoms with E-state index in [4.69, 9.17) is 0 Å². The van der Waals surface area contributed by atoms with Gasteiger partial charge >= 0.3 is 0 Å². The Kier molecular flexibility index (Phi) is 21.7. The van der Waals surface area contributed by atoms with E-state index in [2.05, 4.69) is 108 Å². The second-order valence-electron chi connectivity index (χ2n) is 8.96. The first-order valence-electron chi connectivity index (χ1n) is 13.4. The minimum absolute atomic E-state index is 0.964. The average Bonchev–Trinajstić information content (AvgIpc) is 2.90. The first kappa shape index (κ1) is 36.6. The Morgan fingerprint density at radius 1 is 0.921 bits per heavy atom. The molecule has 0 radical (unpaired) electrons. The Balaban J connectivity index is 0. The van der Waals surface area contributed by atoms with Crippen LogP contribution < -0.4 is 10.6 Å². The molecule has 2 aromatic rings. The molecule has 2 rings (SSSR count). The molecule has 0 spiro atoms. The fraction of sp³-hybridized carbons (Fsp3) is 0.343. The third-order valence-corrected chi connectivity index (χ3v) is 5.16. The molecular formula is C35H53N3. The van der Waals surface area contributed by atoms with Gasteiger partial charge in [0.25, 0.3) is 0 Å². The number of nitrogens with zero attached hydrogens (tertiary/aromatic N) is 1. The third kappa shape index (κ3) is 17.0. The summed E-state index contributed by atoms with van der Waals surface area (Å²) in [6.07, 6.45) is 6.76. The van der Waals surface area contributed by atoms with Crippen LogP contribution in [0.15, 0.2) is 102 Å². The molecule has 0 aliphatic heterocycles. The van der Waals surface area contributed by atoms with E-state index in [1.807, 2.05) is 50.4 Å². The fourth-order valence-corrected chi connectivity index (χ4v) is 2.95. The van der Waals surface area contributed by atoms with Gasteiger partial charge in [-0.15, -0.1) is 0 Å². The standard InChI is InChI=1S/C13H18N2.C13H16.C7H13N.C2H6/c1-4-10-15-11(3)12-6-8-13(9-7-12)14-5-2;1-10(2)9-12(4)13-8-6-5-7-11(13)3;1-6(2)7(3)5-8-4;1-2/h5-9,14-15H,2-4,10H2,1H3;5-9H,4H2,1-3H3;5H,1-4H3;1-2H3. The number of nitrogens with one attached hydrogen (secondary N) is 2. The van der Waals surface area contributed by atoms with Crippen molar-refractivity contribution >= 4 is 23.2 Å². The zero-order valence-electron chi connectivity index (χ0n) is 25.8. The quantitative estimate of drug-likeness (QED) is 0.257. The van der Waals surface area contributed by atoms with Crippen LogP contribution in [0.4, 0.5) is 5.69 Å². The minimum Gasteiger partial charge on any atom is -0.385 e. The number of rotatable bonds is 9. The monoisotopic (exact) mass is 515 g/mol. The van der Waals surface area contributed by atoms with Crippen LogP contribution in [0, 0.1) is 6.92 Å². The van der Waals surface area contributed by atoms with E-state index in [1.165, 1.54) is 27.8 Å². The molecule has 38 heavy (non-hydrogen) atoms. The number of benzene rings is 2. The Morgan fingerprint density at radius 3 is 1.92 bits per heavy atom. The lowest BCUT2D eigenvalue weighted by atomic mass is 10.0. The summed E-state index contributed by atoms with van der Waals surface area (Å²) in [5, 5.41) is 6.30. The largest absolute Gasteiger partial charge is 0.385 e. The van der Waals surface area contributed by atoms with E-state index in [1.54, 1.807) is 13.2 Å². The van der Waals surface area contributed by atoms with Crippen LogP contribution in [0.1, 0.15) is 78.5 Å². The van der Waals surface area contributed by atoms with Crippen LogP contribution in [0.5, 0.6) is 0 Å². The van der Waals surface area contributed by atoms with E-state index in [9.17, 15) is 0 Å². The Bertz CT molecular complexity index is 1040. The highest BCUT2D eigenvalue weighted by atomic mass is 14.9. The molecule has 0 aliphatic rings. The average molecular weight is 516 g/mol. The molecular weight excluding hydrogens is 462 g/mol. The smallest absolute Gasteiger partial charge is 0.0379 e. The summed E-state index contributed by atoms with van der Waals surface area (Å²) >= 11 is 0. The van der Waals surface area contributed by atoms with Crippen LogP contribution in [-0.4, -0.2) is 19.8 Å². The summed E-state index contributed by atoms with van der Waals surface area (Å²) in [6.45, 7) is 31.3. The zero-order chi connectivity index (χ0) is 29.5. The highest BCUT2D eigenvalue weighted by molar-refractivity contribution is 5.78. The summed E-state index contributed by atoms with van der Waals surface area (Å²) in [4.78, 5) is 3.87. The highest BCUT2D eigenvalue weighted by Crippen LogP contribution is 2.19. The Hall–Kier alpha value is -3.59. The second-order valence-corrected chi connectivity index (χ2v) is 8.96. The van der Waals surface area contributed by atoms with Crippen molar-refractivity contribution in [3.63, 3.8) is 0 Å². The maximum absolute atomic E-state index is 4.05. The van der Waals surface area contributed by atoms with Gasteiger partial charge in [-0.05, 0) is 94.1 Å². The van der Waals surface area contributed by atoms with Gasteiger partial charge in [-0.1, -0.05) is 94.1 Å². The predicted octanol–water partition coefficient (Wildman–Crippen LogP) is 10.3. The lowest BCUT2D eigenvalue weighted by Gasteiger charge is -2.09. The molecule has 0 aromatic heterocycles. The van der Waals surface area contributed by atoms with Gasteiger partial charge in [-0.25, -0.2) is 0 Å². The molecule has 0 atom stereocenters. The molecule has 0 heterocycles. The number of hydrogen-bond donors (Lipinski definition) is 2. The van der Waals surface area contributed by atoms with E-state index in [0.717, 1.165) is 35.5 Å². The van der Waals surface area contributed by atoms with Crippen LogP contribution in [0.2, 0.25) is 0 Å². The van der Waals surface area contributed by atoms with E-state index in [0.29, 0.717) is 0 Å². The normalized spacial score (nSPS) is 9.21. The molecule has 0 unspecified atom stereocenters. The van der Waals surface area contributed by atoms with Crippen molar-refractivity contribution in [3.8, 4) is 0 Å². The maximum atomic E-state index is 4.05. The summed E-state index contributed by atoms with van der Waals surface area (Å²) in [5.74, 6) is 0. The molecule has 2 N–H and O–H groups in total. The van der Waals surface area contributed by atoms with Gasteiger partial charge in [0.1, 0.15) is 0 Å². The van der Waals surface area contributed by atoms with Crippen molar-refractivity contribution in [1.82, 2.24) is 5.32 Å². The van der Waals surface area contributed by atoms with Gasteiger partial charge in [0.05, 0.1) is 0 Å². The molecule has 3 heteroatoms. The van der Waals surface area contributed by atoms with Crippen molar-refractivity contribution in [2.75, 3.05) is 18.9 Å². The van der Waals surface area contributed by atoms with Crippen LogP contribution in [0.3, 0.4) is 0 Å². The van der Waals surface area contributed by atoms with Gasteiger partial charge < -0.3 is 10.6 Å². The molecule has 0 bridgehead atoms. The summed E-state index contributed by atoms with van der Waals surface area (Å²) in [6, 6.07) is 16.4. The van der Waals surface area contributed by atoms with Gasteiger partial charge in [-0.2, -0.15) is 0 Å². The third-order valence-electron chi connectivity index (χ3n) is 5.16. The first-order chi connectivity index (χ1) is 18.1. The van der Waals surface area contributed by atoms with Crippen molar-refractivity contribution in [3.05, 3.63) is 114 Å². The lowest BCUT2D eigenvalue weighted by Crippen LogP contribution is -2.11. The van der Waals surface area contributed by atoms with E-state index < -0.39 is 0 Å². The van der Waals surface area contributed by atoms with Crippen LogP contribution in [-0.2, 0) is 0 Å². The highest BCUT2D eigenvalue weighted by Gasteiger charge is 1.98. The Labute approximate surface area is 234 Å². The topological polar surface area (TPSA) is 36.4 Å². The molecule has 0 amide bonds. The second kappa shape index (κ2) is 22.6. The fourth-order valence-electron chi connectivity index (χ4n) is 2.95. The van der Waals surface area contributed by atoms with Gasteiger partial charge in [-0.3, -0.25) is 4.99 Å².